The Kier molecular flexibility index (Phi) is 14.5. The van der Waals surface area contributed by atoms with Crippen molar-refractivity contribution in [3.63, 3.8) is 0 Å². The van der Waals surface area contributed by atoms with Crippen molar-refractivity contribution in [3.05, 3.63) is 94.9 Å². The zero-order valence-electron chi connectivity index (χ0n) is 27.9. The predicted molar refractivity (Wildman–Crippen MR) is 194 cm³/mol. The number of likely N-dealkylation sites (N-methyl/N-ethyl adjacent to an activating group) is 1. The Hall–Kier alpha value is -3.88. The first kappa shape index (κ1) is 37.9. The minimum Gasteiger partial charge on any atom is -0.478 e. The summed E-state index contributed by atoms with van der Waals surface area (Å²) in [5, 5.41) is 63.0. The predicted octanol–water partition coefficient (Wildman–Crippen LogP) is 4.58. The van der Waals surface area contributed by atoms with Gasteiger partial charge in [-0.15, -0.1) is 11.3 Å². The quantitative estimate of drug-likeness (QED) is 0.0928. The second kappa shape index (κ2) is 18.8. The third kappa shape index (κ3) is 10.8. The molecule has 1 aromatic heterocycles. The number of aromatic carboxylic acids is 1. The molecule has 0 radical (unpaired) electrons. The lowest BCUT2D eigenvalue weighted by atomic mass is 9.84. The molecular formula is C37H48N4O7S. The van der Waals surface area contributed by atoms with Gasteiger partial charge in [0.1, 0.15) is 18.3 Å². The molecule has 264 valence electrons. The lowest BCUT2D eigenvalue weighted by molar-refractivity contribution is -0.113. The first-order valence-corrected chi connectivity index (χ1v) is 17.4. The fourth-order valence-electron chi connectivity index (χ4n) is 5.69. The van der Waals surface area contributed by atoms with Gasteiger partial charge in [0.05, 0.1) is 24.0 Å². The van der Waals surface area contributed by atoms with Crippen molar-refractivity contribution in [2.24, 2.45) is 0 Å². The van der Waals surface area contributed by atoms with Gasteiger partial charge in [0.15, 0.2) is 5.13 Å². The topological polar surface area (TPSA) is 179 Å². The number of rotatable bonds is 14. The number of aliphatic hydroxyl groups excluding tert-OH is 5. The van der Waals surface area contributed by atoms with Gasteiger partial charge >= 0.3 is 5.97 Å². The Morgan fingerprint density at radius 3 is 2.12 bits per heavy atom. The molecule has 5 rings (SSSR count). The number of nitrogens with one attached hydrogen (secondary N) is 2. The first-order valence-electron chi connectivity index (χ1n) is 16.5. The Balaban J connectivity index is 0.000000355. The molecule has 4 aromatic rings. The summed E-state index contributed by atoms with van der Waals surface area (Å²) in [6.45, 7) is 0.234. The van der Waals surface area contributed by atoms with E-state index in [4.69, 9.17) is 30.5 Å². The van der Waals surface area contributed by atoms with Crippen LogP contribution >= 0.6 is 11.3 Å². The van der Waals surface area contributed by atoms with Crippen LogP contribution in [-0.2, 0) is 6.54 Å². The lowest BCUT2D eigenvalue weighted by Gasteiger charge is -2.25. The average molecular weight is 693 g/mol. The van der Waals surface area contributed by atoms with E-state index in [0.29, 0.717) is 0 Å². The molecule has 11 nitrogen and oxygen atoms in total. The molecule has 4 atom stereocenters. The second-order valence-electron chi connectivity index (χ2n) is 12.3. The lowest BCUT2D eigenvalue weighted by Crippen LogP contribution is -2.48. The summed E-state index contributed by atoms with van der Waals surface area (Å²) in [6.07, 6.45) is 1.14. The van der Waals surface area contributed by atoms with E-state index >= 15 is 0 Å². The fraction of sp³-hybridized carbons (Fsp3) is 0.405. The van der Waals surface area contributed by atoms with Gasteiger partial charge in [-0.05, 0) is 73.3 Å². The number of hydrogen-bond acceptors (Lipinski definition) is 11. The standard InChI is InChI=1S/C30H31N3O2S.C7H17NO5/c1-33(27-17-13-25(14-18-27)29(34)35)30-32-28(20-36-30)24-11-15-26(16-12-24)31-19-21-7-9-23(10-8-21)22-5-3-2-4-6-22;1-8-2-4(10)6(12)7(13)5(11)3-9/h7-18,20,22,31H,2-6,19H2,1H3,(H,34,35);4-13H,2-3H2,1H3/t;4-,5+,6+,7+/m.0/s1. The highest BCUT2D eigenvalue weighted by atomic mass is 32.1. The largest absolute Gasteiger partial charge is 0.478 e. The molecular weight excluding hydrogens is 644 g/mol. The number of aromatic nitrogens is 1. The number of thiazole rings is 1. The van der Waals surface area contributed by atoms with Crippen LogP contribution in [0.15, 0.2) is 78.2 Å². The van der Waals surface area contributed by atoms with Crippen molar-refractivity contribution >= 4 is 33.8 Å². The Morgan fingerprint density at radius 1 is 0.898 bits per heavy atom. The van der Waals surface area contributed by atoms with E-state index in [9.17, 15) is 9.90 Å². The number of nitrogens with zero attached hydrogens (tertiary/aromatic N) is 2. The van der Waals surface area contributed by atoms with Crippen LogP contribution in [-0.4, -0.2) is 93.3 Å². The molecule has 1 aliphatic carbocycles. The number of carboxylic acid groups (broad SMARTS) is 1. The number of benzene rings is 3. The van der Waals surface area contributed by atoms with Gasteiger partial charge in [-0.2, -0.15) is 0 Å². The molecule has 0 unspecified atom stereocenters. The molecule has 0 amide bonds. The highest BCUT2D eigenvalue weighted by Crippen LogP contribution is 2.33. The molecule has 0 bridgehead atoms. The van der Waals surface area contributed by atoms with Crippen LogP contribution in [0.5, 0.6) is 0 Å². The van der Waals surface area contributed by atoms with E-state index in [1.54, 1.807) is 42.6 Å². The molecule has 3 aromatic carbocycles. The minimum atomic E-state index is -1.55. The molecule has 0 spiro atoms. The van der Waals surface area contributed by atoms with Crippen LogP contribution in [0.1, 0.15) is 59.5 Å². The van der Waals surface area contributed by atoms with E-state index in [-0.39, 0.29) is 12.1 Å². The van der Waals surface area contributed by atoms with Crippen molar-refractivity contribution in [2.75, 3.05) is 37.5 Å². The van der Waals surface area contributed by atoms with Crippen LogP contribution in [0.4, 0.5) is 16.5 Å². The van der Waals surface area contributed by atoms with Gasteiger partial charge in [-0.3, -0.25) is 0 Å². The number of carbonyl (C=O) groups is 1. The van der Waals surface area contributed by atoms with E-state index in [1.807, 2.05) is 17.3 Å². The summed E-state index contributed by atoms with van der Waals surface area (Å²) in [5.74, 6) is -0.178. The monoisotopic (exact) mass is 692 g/mol. The number of anilines is 3. The van der Waals surface area contributed by atoms with Crippen molar-refractivity contribution in [2.45, 2.75) is 69.0 Å². The molecule has 0 saturated heterocycles. The maximum absolute atomic E-state index is 11.1. The summed E-state index contributed by atoms with van der Waals surface area (Å²) < 4.78 is 0. The summed E-state index contributed by atoms with van der Waals surface area (Å²) >= 11 is 1.56. The zero-order valence-corrected chi connectivity index (χ0v) is 28.8. The summed E-state index contributed by atoms with van der Waals surface area (Å²) in [7, 11) is 3.51. The average Bonchev–Trinajstić information content (AvgIpc) is 3.64. The van der Waals surface area contributed by atoms with Gasteiger partial charge in [0, 0.05) is 42.5 Å². The highest BCUT2D eigenvalue weighted by molar-refractivity contribution is 7.14. The smallest absolute Gasteiger partial charge is 0.335 e. The first-order chi connectivity index (χ1) is 23.6. The molecule has 12 heteroatoms. The van der Waals surface area contributed by atoms with E-state index in [2.05, 4.69) is 59.2 Å². The molecule has 1 heterocycles. The Morgan fingerprint density at radius 2 is 1.53 bits per heavy atom. The highest BCUT2D eigenvalue weighted by Gasteiger charge is 2.29. The maximum Gasteiger partial charge on any atom is 0.335 e. The van der Waals surface area contributed by atoms with Crippen LogP contribution in [0.2, 0.25) is 0 Å². The third-order valence-electron chi connectivity index (χ3n) is 8.75. The maximum atomic E-state index is 11.1. The molecule has 0 aliphatic heterocycles. The van der Waals surface area contributed by atoms with Gasteiger partial charge in [-0.1, -0.05) is 55.7 Å². The van der Waals surface area contributed by atoms with Crippen LogP contribution in [0, 0.1) is 0 Å². The number of carboxylic acids is 1. The van der Waals surface area contributed by atoms with Gasteiger partial charge in [0.25, 0.3) is 0 Å². The van der Waals surface area contributed by atoms with Crippen molar-refractivity contribution in [1.82, 2.24) is 10.3 Å². The van der Waals surface area contributed by atoms with Gasteiger partial charge in [-0.25, -0.2) is 9.78 Å². The summed E-state index contributed by atoms with van der Waals surface area (Å²) in [4.78, 5) is 17.8. The molecule has 1 saturated carbocycles. The van der Waals surface area contributed by atoms with Gasteiger partial charge < -0.3 is 46.2 Å². The Labute approximate surface area is 291 Å². The molecule has 49 heavy (non-hydrogen) atoms. The SMILES string of the molecule is CN(c1ccc(C(=O)O)cc1)c1nc(-c2ccc(NCc3ccc(C4CCCCC4)cc3)cc2)cs1.CNC[C@H](O)[C@@H](O)[C@H](O)[C@H](O)CO. The second-order valence-corrected chi connectivity index (χ2v) is 13.1. The Bertz CT molecular complexity index is 1560. The van der Waals surface area contributed by atoms with Crippen LogP contribution < -0.4 is 15.5 Å². The zero-order chi connectivity index (χ0) is 35.3. The number of hydrogen-bond donors (Lipinski definition) is 8. The van der Waals surface area contributed by atoms with E-state index in [1.165, 1.54) is 43.2 Å². The van der Waals surface area contributed by atoms with Crippen molar-refractivity contribution in [1.29, 1.82) is 0 Å². The fourth-order valence-corrected chi connectivity index (χ4v) is 6.51. The van der Waals surface area contributed by atoms with Crippen molar-refractivity contribution < 1.29 is 35.4 Å². The molecule has 8 N–H and O–H groups in total. The number of aliphatic hydroxyl groups is 5. The van der Waals surface area contributed by atoms with E-state index in [0.717, 1.165) is 40.2 Å². The molecule has 1 fully saturated rings. The molecule has 1 aliphatic rings. The van der Waals surface area contributed by atoms with Crippen molar-refractivity contribution in [3.8, 4) is 11.3 Å². The summed E-state index contributed by atoms with van der Waals surface area (Å²) in [5.41, 5.74) is 7.03. The third-order valence-corrected chi connectivity index (χ3v) is 9.67. The van der Waals surface area contributed by atoms with Crippen LogP contribution in [0.3, 0.4) is 0 Å². The normalized spacial score (nSPS) is 15.7. The van der Waals surface area contributed by atoms with Gasteiger partial charge in [0.2, 0.25) is 0 Å². The minimum absolute atomic E-state index is 0.0936. The summed E-state index contributed by atoms with van der Waals surface area (Å²) in [6, 6.07) is 24.3. The van der Waals surface area contributed by atoms with E-state index < -0.39 is 37.0 Å². The van der Waals surface area contributed by atoms with Crippen LogP contribution in [0.25, 0.3) is 11.3 Å².